The van der Waals surface area contributed by atoms with Gasteiger partial charge in [0.15, 0.2) is 0 Å². The molecule has 5 heteroatoms. The summed E-state index contributed by atoms with van der Waals surface area (Å²) in [6.45, 7) is 0.0794. The Bertz CT molecular complexity index is 377. The lowest BCUT2D eigenvalue weighted by Gasteiger charge is -2.21. The van der Waals surface area contributed by atoms with Crippen LogP contribution in [-0.4, -0.2) is 37.2 Å². The van der Waals surface area contributed by atoms with Gasteiger partial charge >= 0.3 is 5.97 Å². The molecular formula is C12H15NO4. The minimum Gasteiger partial charge on any atom is -0.481 e. The Morgan fingerprint density at radius 1 is 1.29 bits per heavy atom. The molecule has 0 fully saturated rings. The van der Waals surface area contributed by atoms with E-state index in [2.05, 4.69) is 0 Å². The molecule has 0 aliphatic carbocycles. The predicted octanol–water partition coefficient (Wildman–Crippen LogP) is 1.14. The molecule has 1 N–H and O–H groups in total. The topological polar surface area (TPSA) is 66.8 Å². The zero-order valence-corrected chi connectivity index (χ0v) is 9.63. The number of carboxylic acids is 1. The number of rotatable bonds is 6. The Morgan fingerprint density at radius 2 is 1.94 bits per heavy atom. The van der Waals surface area contributed by atoms with Gasteiger partial charge in [0.2, 0.25) is 0 Å². The van der Waals surface area contributed by atoms with Gasteiger partial charge in [-0.1, -0.05) is 18.2 Å². The SMILES string of the molecule is COCC(=O)N(CCC(=O)O)c1ccccc1. The quantitative estimate of drug-likeness (QED) is 0.805. The van der Waals surface area contributed by atoms with Crippen molar-refractivity contribution in [1.29, 1.82) is 0 Å². The first-order valence-corrected chi connectivity index (χ1v) is 5.21. The summed E-state index contributed by atoms with van der Waals surface area (Å²) in [5.41, 5.74) is 0.677. The molecular weight excluding hydrogens is 222 g/mol. The highest BCUT2D eigenvalue weighted by Gasteiger charge is 2.16. The van der Waals surface area contributed by atoms with Crippen LogP contribution >= 0.6 is 0 Å². The average molecular weight is 237 g/mol. The van der Waals surface area contributed by atoms with Crippen LogP contribution in [0.4, 0.5) is 5.69 Å². The van der Waals surface area contributed by atoms with Crippen molar-refractivity contribution in [3.63, 3.8) is 0 Å². The summed E-state index contributed by atoms with van der Waals surface area (Å²) < 4.78 is 4.77. The Labute approximate surface area is 99.6 Å². The van der Waals surface area contributed by atoms with Crippen LogP contribution in [0.3, 0.4) is 0 Å². The summed E-state index contributed by atoms with van der Waals surface area (Å²) >= 11 is 0. The third-order valence-corrected chi connectivity index (χ3v) is 2.19. The van der Waals surface area contributed by atoms with Gasteiger partial charge in [-0.2, -0.15) is 0 Å². The number of carbonyl (C=O) groups excluding carboxylic acids is 1. The first-order chi connectivity index (χ1) is 8.15. The van der Waals surface area contributed by atoms with E-state index in [-0.39, 0.29) is 25.5 Å². The Kier molecular flexibility index (Phi) is 5.16. The summed E-state index contributed by atoms with van der Waals surface area (Å²) in [6, 6.07) is 8.94. The van der Waals surface area contributed by atoms with E-state index in [0.717, 1.165) is 0 Å². The fourth-order valence-corrected chi connectivity index (χ4v) is 1.41. The number of methoxy groups -OCH3 is 1. The molecule has 0 aliphatic rings. The van der Waals surface area contributed by atoms with Gasteiger partial charge in [-0.15, -0.1) is 0 Å². The van der Waals surface area contributed by atoms with Crippen molar-refractivity contribution in [2.45, 2.75) is 6.42 Å². The van der Waals surface area contributed by atoms with Gasteiger partial charge in [0, 0.05) is 19.3 Å². The highest BCUT2D eigenvalue weighted by Crippen LogP contribution is 2.13. The molecule has 0 radical (unpaired) electrons. The summed E-state index contributed by atoms with van der Waals surface area (Å²) in [6.07, 6.45) is -0.0929. The molecule has 0 heterocycles. The highest BCUT2D eigenvalue weighted by atomic mass is 16.5. The number of carboxylic acid groups (broad SMARTS) is 1. The fraction of sp³-hybridized carbons (Fsp3) is 0.333. The summed E-state index contributed by atoms with van der Waals surface area (Å²) in [5, 5.41) is 8.65. The van der Waals surface area contributed by atoms with E-state index in [4.69, 9.17) is 9.84 Å². The van der Waals surface area contributed by atoms with E-state index in [1.807, 2.05) is 6.07 Å². The minimum absolute atomic E-state index is 0.0610. The van der Waals surface area contributed by atoms with Crippen molar-refractivity contribution in [3.8, 4) is 0 Å². The molecule has 0 atom stereocenters. The maximum Gasteiger partial charge on any atom is 0.305 e. The predicted molar refractivity (Wildman–Crippen MR) is 62.9 cm³/mol. The molecule has 1 aromatic rings. The van der Waals surface area contributed by atoms with E-state index >= 15 is 0 Å². The molecule has 1 amide bonds. The second-order valence-electron chi connectivity index (χ2n) is 3.46. The number of anilines is 1. The van der Waals surface area contributed by atoms with Crippen LogP contribution in [0.5, 0.6) is 0 Å². The van der Waals surface area contributed by atoms with Crippen LogP contribution < -0.4 is 4.90 Å². The van der Waals surface area contributed by atoms with E-state index in [9.17, 15) is 9.59 Å². The van der Waals surface area contributed by atoms with Gasteiger partial charge in [-0.05, 0) is 12.1 Å². The van der Waals surface area contributed by atoms with Crippen molar-refractivity contribution >= 4 is 17.6 Å². The normalized spacial score (nSPS) is 9.94. The molecule has 0 aliphatic heterocycles. The van der Waals surface area contributed by atoms with Gasteiger partial charge in [-0.3, -0.25) is 9.59 Å². The number of hydrogen-bond acceptors (Lipinski definition) is 3. The van der Waals surface area contributed by atoms with Gasteiger partial charge in [0.05, 0.1) is 6.42 Å². The van der Waals surface area contributed by atoms with Gasteiger partial charge < -0.3 is 14.7 Å². The van der Waals surface area contributed by atoms with Crippen molar-refractivity contribution in [3.05, 3.63) is 30.3 Å². The molecule has 92 valence electrons. The monoisotopic (exact) mass is 237 g/mol. The number of nitrogens with zero attached hydrogens (tertiary/aromatic N) is 1. The second-order valence-corrected chi connectivity index (χ2v) is 3.46. The summed E-state index contributed by atoms with van der Waals surface area (Å²) in [4.78, 5) is 23.7. The van der Waals surface area contributed by atoms with E-state index in [0.29, 0.717) is 5.69 Å². The number of carbonyl (C=O) groups is 2. The lowest BCUT2D eigenvalue weighted by molar-refractivity contribution is -0.136. The third-order valence-electron chi connectivity index (χ3n) is 2.19. The molecule has 17 heavy (non-hydrogen) atoms. The molecule has 1 aromatic carbocycles. The molecule has 0 unspecified atom stereocenters. The molecule has 1 rings (SSSR count). The first-order valence-electron chi connectivity index (χ1n) is 5.21. The van der Waals surface area contributed by atoms with Crippen LogP contribution in [0.25, 0.3) is 0 Å². The maximum atomic E-state index is 11.8. The standard InChI is InChI=1S/C12H15NO4/c1-17-9-11(14)13(8-7-12(15)16)10-5-3-2-4-6-10/h2-6H,7-9H2,1H3,(H,15,16). The summed E-state index contributed by atoms with van der Waals surface area (Å²) in [7, 11) is 1.43. The lowest BCUT2D eigenvalue weighted by Crippen LogP contribution is -2.35. The number of para-hydroxylation sites is 1. The van der Waals surface area contributed by atoms with Crippen molar-refractivity contribution in [1.82, 2.24) is 0 Å². The Balaban J connectivity index is 2.78. The van der Waals surface area contributed by atoms with Crippen LogP contribution in [0.2, 0.25) is 0 Å². The molecule has 0 bridgehead atoms. The number of amides is 1. The largest absolute Gasteiger partial charge is 0.481 e. The summed E-state index contributed by atoms with van der Waals surface area (Å²) in [5.74, 6) is -1.18. The van der Waals surface area contributed by atoms with Crippen LogP contribution in [-0.2, 0) is 14.3 Å². The van der Waals surface area contributed by atoms with Gasteiger partial charge in [-0.25, -0.2) is 0 Å². The number of benzene rings is 1. The van der Waals surface area contributed by atoms with Crippen molar-refractivity contribution < 1.29 is 19.4 Å². The molecule has 0 spiro atoms. The van der Waals surface area contributed by atoms with Crippen molar-refractivity contribution in [2.24, 2.45) is 0 Å². The Hall–Kier alpha value is -1.88. The zero-order chi connectivity index (χ0) is 12.7. The third kappa shape index (κ3) is 4.24. The lowest BCUT2D eigenvalue weighted by atomic mass is 10.2. The number of ether oxygens (including phenoxy) is 1. The van der Waals surface area contributed by atoms with Gasteiger partial charge in [0.1, 0.15) is 6.61 Å². The first kappa shape index (κ1) is 13.2. The van der Waals surface area contributed by atoms with E-state index in [1.165, 1.54) is 12.0 Å². The van der Waals surface area contributed by atoms with E-state index in [1.54, 1.807) is 24.3 Å². The zero-order valence-electron chi connectivity index (χ0n) is 9.63. The molecule has 0 saturated heterocycles. The molecule has 0 aromatic heterocycles. The molecule has 0 saturated carbocycles. The van der Waals surface area contributed by atoms with Crippen molar-refractivity contribution in [2.75, 3.05) is 25.2 Å². The van der Waals surface area contributed by atoms with Gasteiger partial charge in [0.25, 0.3) is 5.91 Å². The number of hydrogen-bond donors (Lipinski definition) is 1. The number of aliphatic carboxylic acids is 1. The smallest absolute Gasteiger partial charge is 0.305 e. The van der Waals surface area contributed by atoms with Crippen LogP contribution in [0.15, 0.2) is 30.3 Å². The second kappa shape index (κ2) is 6.65. The minimum atomic E-state index is -0.934. The Morgan fingerprint density at radius 3 is 2.47 bits per heavy atom. The van der Waals surface area contributed by atoms with Crippen LogP contribution in [0, 0.1) is 0 Å². The van der Waals surface area contributed by atoms with Crippen LogP contribution in [0.1, 0.15) is 6.42 Å². The average Bonchev–Trinajstić information content (AvgIpc) is 2.30. The molecule has 5 nitrogen and oxygen atoms in total. The van der Waals surface area contributed by atoms with E-state index < -0.39 is 5.97 Å². The highest BCUT2D eigenvalue weighted by molar-refractivity contribution is 5.94. The maximum absolute atomic E-state index is 11.8. The fourth-order valence-electron chi connectivity index (χ4n) is 1.41.